The molecule has 1 heterocycles. The van der Waals surface area contributed by atoms with Gasteiger partial charge >= 0.3 is 5.97 Å². The Morgan fingerprint density at radius 2 is 1.87 bits per heavy atom. The van der Waals surface area contributed by atoms with Crippen molar-refractivity contribution in [1.82, 2.24) is 0 Å². The lowest BCUT2D eigenvalue weighted by molar-refractivity contribution is -0.150. The topological polar surface area (TPSA) is 38.3 Å². The number of carbonyl (C=O) groups excluding carboxylic acids is 1. The Hall–Kier alpha value is -2.00. The normalized spacial score (nSPS) is 23.6. The predicted octanol–water partition coefficient (Wildman–Crippen LogP) is 4.76. The summed E-state index contributed by atoms with van der Waals surface area (Å²) in [5.41, 5.74) is 1.27. The van der Waals surface area contributed by atoms with Gasteiger partial charge < -0.3 is 10.1 Å². The van der Waals surface area contributed by atoms with Gasteiger partial charge in [-0.3, -0.25) is 0 Å². The molecule has 0 saturated carbocycles. The van der Waals surface area contributed by atoms with Crippen LogP contribution in [0.5, 0.6) is 0 Å². The van der Waals surface area contributed by atoms with Gasteiger partial charge in [-0.25, -0.2) is 4.79 Å². The number of halogens is 1. The van der Waals surface area contributed by atoms with Gasteiger partial charge in [0.2, 0.25) is 0 Å². The Bertz CT molecular complexity index is 689. The van der Waals surface area contributed by atoms with Crippen LogP contribution in [0.3, 0.4) is 0 Å². The lowest BCUT2D eigenvalue weighted by Crippen LogP contribution is -2.27. The fraction of sp³-hybridized carbons (Fsp3) is 0.316. The number of nitrogens with one attached hydrogen (secondary N) is 1. The minimum absolute atomic E-state index is 0.220. The van der Waals surface area contributed by atoms with Gasteiger partial charge in [0.15, 0.2) is 0 Å². The van der Waals surface area contributed by atoms with Crippen LogP contribution in [0, 0.1) is 0 Å². The fourth-order valence-electron chi connectivity index (χ4n) is 3.21. The number of hydrogen-bond acceptors (Lipinski definition) is 3. The van der Waals surface area contributed by atoms with E-state index in [9.17, 15) is 4.79 Å². The maximum absolute atomic E-state index is 12.4. The van der Waals surface area contributed by atoms with E-state index in [-0.39, 0.29) is 12.0 Å². The molecule has 0 bridgehead atoms. The Labute approximate surface area is 141 Å². The molecule has 1 fully saturated rings. The van der Waals surface area contributed by atoms with E-state index in [0.29, 0.717) is 11.4 Å². The molecule has 0 radical (unpaired) electrons. The lowest BCUT2D eigenvalue weighted by atomic mass is 9.85. The highest BCUT2D eigenvalue weighted by Crippen LogP contribution is 2.42. The summed E-state index contributed by atoms with van der Waals surface area (Å²) in [5, 5.41) is 3.84. The molecule has 2 unspecified atom stereocenters. The number of hydrogen-bond donors (Lipinski definition) is 1. The number of carbonyl (C=O) groups is 1. The van der Waals surface area contributed by atoms with Crippen molar-refractivity contribution in [3.8, 4) is 0 Å². The molecule has 2 aromatic rings. The van der Waals surface area contributed by atoms with E-state index in [1.807, 2.05) is 48.5 Å². The van der Waals surface area contributed by atoms with Gasteiger partial charge in [-0.05, 0) is 24.1 Å². The maximum atomic E-state index is 12.4. The second kappa shape index (κ2) is 6.63. The summed E-state index contributed by atoms with van der Waals surface area (Å²) < 4.78 is 5.86. The molecule has 0 aliphatic carbocycles. The Balaban J connectivity index is 1.86. The predicted molar refractivity (Wildman–Crippen MR) is 92.6 cm³/mol. The number of esters is 1. The van der Waals surface area contributed by atoms with Gasteiger partial charge in [-0.2, -0.15) is 0 Å². The number of cyclic esters (lactones) is 1. The van der Waals surface area contributed by atoms with Gasteiger partial charge in [0.05, 0.1) is 10.7 Å². The molecule has 2 aromatic carbocycles. The molecule has 3 rings (SSSR count). The van der Waals surface area contributed by atoms with E-state index >= 15 is 0 Å². The summed E-state index contributed by atoms with van der Waals surface area (Å²) in [5.74, 6) is -0.220. The standard InChI is InChI=1S/C19H20ClNO2/c1-2-12-19(14-8-4-3-5-9-14)13-17(18(22)23-19)21-16-11-7-6-10-15(16)20/h3-11,17,21H,2,12-13H2,1H3. The zero-order chi connectivity index (χ0) is 16.3. The first-order valence-corrected chi connectivity index (χ1v) is 8.32. The molecule has 0 spiro atoms. The zero-order valence-corrected chi connectivity index (χ0v) is 13.8. The van der Waals surface area contributed by atoms with Crippen molar-refractivity contribution >= 4 is 23.3 Å². The smallest absolute Gasteiger partial charge is 0.329 e. The zero-order valence-electron chi connectivity index (χ0n) is 13.1. The molecule has 4 heteroatoms. The van der Waals surface area contributed by atoms with Crippen LogP contribution in [-0.2, 0) is 15.1 Å². The molecule has 1 N–H and O–H groups in total. The van der Waals surface area contributed by atoms with Gasteiger partial charge in [-0.1, -0.05) is 67.4 Å². The van der Waals surface area contributed by atoms with E-state index in [0.717, 1.165) is 24.1 Å². The molecule has 1 saturated heterocycles. The first kappa shape index (κ1) is 15.9. The number of ether oxygens (including phenoxy) is 1. The Morgan fingerprint density at radius 3 is 2.57 bits per heavy atom. The van der Waals surface area contributed by atoms with Crippen LogP contribution in [0.1, 0.15) is 31.7 Å². The SMILES string of the molecule is CCCC1(c2ccccc2)CC(Nc2ccccc2Cl)C(=O)O1. The van der Waals surface area contributed by atoms with Crippen LogP contribution >= 0.6 is 11.6 Å². The summed E-state index contributed by atoms with van der Waals surface area (Å²) in [6.45, 7) is 2.10. The summed E-state index contributed by atoms with van der Waals surface area (Å²) in [7, 11) is 0. The first-order valence-electron chi connectivity index (χ1n) is 7.94. The summed E-state index contributed by atoms with van der Waals surface area (Å²) in [6.07, 6.45) is 2.36. The second-order valence-electron chi connectivity index (χ2n) is 5.91. The number of para-hydroxylation sites is 1. The van der Waals surface area contributed by atoms with Crippen LogP contribution in [0.2, 0.25) is 5.02 Å². The average molecular weight is 330 g/mol. The van der Waals surface area contributed by atoms with Crippen molar-refractivity contribution in [2.24, 2.45) is 0 Å². The maximum Gasteiger partial charge on any atom is 0.329 e. The molecule has 2 atom stereocenters. The monoisotopic (exact) mass is 329 g/mol. The van der Waals surface area contributed by atoms with Crippen LogP contribution < -0.4 is 5.32 Å². The van der Waals surface area contributed by atoms with E-state index < -0.39 is 5.60 Å². The fourth-order valence-corrected chi connectivity index (χ4v) is 3.40. The van der Waals surface area contributed by atoms with Crippen LogP contribution in [0.4, 0.5) is 5.69 Å². The van der Waals surface area contributed by atoms with E-state index in [1.54, 1.807) is 6.07 Å². The summed E-state index contributed by atoms with van der Waals surface area (Å²) in [4.78, 5) is 12.4. The van der Waals surface area contributed by atoms with Gasteiger partial charge in [0.1, 0.15) is 11.6 Å². The Kier molecular flexibility index (Phi) is 4.58. The molecule has 3 nitrogen and oxygen atoms in total. The molecular weight excluding hydrogens is 310 g/mol. The van der Waals surface area contributed by atoms with Crippen molar-refractivity contribution in [3.63, 3.8) is 0 Å². The molecular formula is C19H20ClNO2. The largest absolute Gasteiger partial charge is 0.453 e. The number of benzene rings is 2. The van der Waals surface area contributed by atoms with E-state index in [2.05, 4.69) is 12.2 Å². The van der Waals surface area contributed by atoms with Gasteiger partial charge in [-0.15, -0.1) is 0 Å². The highest BCUT2D eigenvalue weighted by atomic mass is 35.5. The van der Waals surface area contributed by atoms with Crippen molar-refractivity contribution in [2.75, 3.05) is 5.32 Å². The van der Waals surface area contributed by atoms with Crippen molar-refractivity contribution in [1.29, 1.82) is 0 Å². The molecule has 0 amide bonds. The molecule has 1 aliphatic rings. The highest BCUT2D eigenvalue weighted by Gasteiger charge is 2.47. The number of rotatable bonds is 5. The van der Waals surface area contributed by atoms with E-state index in [4.69, 9.17) is 16.3 Å². The Morgan fingerprint density at radius 1 is 1.17 bits per heavy atom. The van der Waals surface area contributed by atoms with Crippen molar-refractivity contribution < 1.29 is 9.53 Å². The third kappa shape index (κ3) is 3.20. The van der Waals surface area contributed by atoms with E-state index in [1.165, 1.54) is 0 Å². The molecule has 1 aliphatic heterocycles. The minimum Gasteiger partial charge on any atom is -0.453 e. The molecule has 120 valence electrons. The van der Waals surface area contributed by atoms with Crippen LogP contribution in [0.25, 0.3) is 0 Å². The quantitative estimate of drug-likeness (QED) is 0.803. The average Bonchev–Trinajstić information content (AvgIpc) is 2.88. The van der Waals surface area contributed by atoms with Gasteiger partial charge in [0.25, 0.3) is 0 Å². The lowest BCUT2D eigenvalue weighted by Gasteiger charge is -2.28. The van der Waals surface area contributed by atoms with Crippen LogP contribution in [0.15, 0.2) is 54.6 Å². The first-order chi connectivity index (χ1) is 11.1. The van der Waals surface area contributed by atoms with Crippen molar-refractivity contribution in [3.05, 3.63) is 65.2 Å². The number of anilines is 1. The van der Waals surface area contributed by atoms with Crippen LogP contribution in [-0.4, -0.2) is 12.0 Å². The van der Waals surface area contributed by atoms with Crippen molar-refractivity contribution in [2.45, 2.75) is 37.8 Å². The molecule has 0 aromatic heterocycles. The highest BCUT2D eigenvalue weighted by molar-refractivity contribution is 6.33. The minimum atomic E-state index is -0.550. The second-order valence-corrected chi connectivity index (χ2v) is 6.32. The summed E-state index contributed by atoms with van der Waals surface area (Å²) in [6, 6.07) is 17.0. The third-order valence-electron chi connectivity index (χ3n) is 4.27. The third-order valence-corrected chi connectivity index (χ3v) is 4.60. The summed E-state index contributed by atoms with van der Waals surface area (Å²) >= 11 is 6.19. The van der Waals surface area contributed by atoms with Gasteiger partial charge in [0, 0.05) is 6.42 Å². The molecule has 23 heavy (non-hydrogen) atoms.